The van der Waals surface area contributed by atoms with Gasteiger partial charge in [0.2, 0.25) is 6.10 Å². The van der Waals surface area contributed by atoms with Gasteiger partial charge in [0.1, 0.15) is 0 Å². The van der Waals surface area contributed by atoms with Crippen molar-refractivity contribution in [3.05, 3.63) is 29.3 Å². The van der Waals surface area contributed by atoms with E-state index < -0.39 is 18.2 Å². The van der Waals surface area contributed by atoms with Crippen molar-refractivity contribution in [1.29, 1.82) is 0 Å². The van der Waals surface area contributed by atoms with Crippen molar-refractivity contribution in [1.82, 2.24) is 0 Å². The lowest BCUT2D eigenvalue weighted by atomic mass is 10.3. The zero-order chi connectivity index (χ0) is 13.5. The number of benzene rings is 1. The molecular formula is C11H12ClNO4S. The van der Waals surface area contributed by atoms with E-state index in [0.29, 0.717) is 10.7 Å². The molecule has 2 N–H and O–H groups in total. The number of carbonyl (C=O) groups excluding carboxylic acids is 1. The van der Waals surface area contributed by atoms with Gasteiger partial charge in [-0.1, -0.05) is 11.6 Å². The molecule has 0 aromatic heterocycles. The summed E-state index contributed by atoms with van der Waals surface area (Å²) in [6.07, 6.45) is -0.234. The maximum Gasteiger partial charge on any atom is 0.412 e. The fourth-order valence-corrected chi connectivity index (χ4v) is 1.76. The minimum atomic E-state index is -1.17. The Morgan fingerprint density at radius 3 is 2.56 bits per heavy atom. The van der Waals surface area contributed by atoms with Crippen molar-refractivity contribution >= 4 is 41.1 Å². The summed E-state index contributed by atoms with van der Waals surface area (Å²) in [5.41, 5.74) is 0.484. The van der Waals surface area contributed by atoms with Gasteiger partial charge in [-0.3, -0.25) is 5.32 Å². The first-order valence-corrected chi connectivity index (χ1v) is 6.75. The van der Waals surface area contributed by atoms with Gasteiger partial charge >= 0.3 is 12.1 Å². The first-order valence-electron chi connectivity index (χ1n) is 4.98. The van der Waals surface area contributed by atoms with Gasteiger partial charge in [-0.05, 0) is 30.5 Å². The van der Waals surface area contributed by atoms with E-state index in [9.17, 15) is 9.59 Å². The summed E-state index contributed by atoms with van der Waals surface area (Å²) in [7, 11) is 0. The molecule has 98 valence electrons. The molecule has 0 aliphatic rings. The molecule has 0 bridgehead atoms. The molecule has 1 amide bonds. The molecule has 0 saturated heterocycles. The quantitative estimate of drug-likeness (QED) is 0.871. The Bertz CT molecular complexity index is 424. The monoisotopic (exact) mass is 289 g/mol. The van der Waals surface area contributed by atoms with Gasteiger partial charge in [-0.2, -0.15) is 11.8 Å². The number of carboxylic acids is 1. The highest BCUT2D eigenvalue weighted by Crippen LogP contribution is 2.14. The van der Waals surface area contributed by atoms with Crippen LogP contribution in [0.25, 0.3) is 0 Å². The first-order chi connectivity index (χ1) is 8.52. The van der Waals surface area contributed by atoms with Crippen LogP contribution in [0.2, 0.25) is 5.02 Å². The van der Waals surface area contributed by atoms with Crippen LogP contribution in [0.1, 0.15) is 0 Å². The van der Waals surface area contributed by atoms with E-state index in [-0.39, 0.29) is 5.75 Å². The highest BCUT2D eigenvalue weighted by molar-refractivity contribution is 7.98. The minimum Gasteiger partial charge on any atom is -0.478 e. The third-order valence-corrected chi connectivity index (χ3v) is 2.82. The summed E-state index contributed by atoms with van der Waals surface area (Å²) in [6, 6.07) is 6.39. The molecule has 7 heteroatoms. The number of nitrogens with one attached hydrogen (secondary N) is 1. The fraction of sp³-hybridized carbons (Fsp3) is 0.273. The summed E-state index contributed by atoms with van der Waals surface area (Å²) in [4.78, 5) is 22.2. The number of hydrogen-bond donors (Lipinski definition) is 2. The average molecular weight is 290 g/mol. The smallest absolute Gasteiger partial charge is 0.412 e. The lowest BCUT2D eigenvalue weighted by Crippen LogP contribution is -2.31. The van der Waals surface area contributed by atoms with Crippen LogP contribution in [-0.4, -0.2) is 35.3 Å². The van der Waals surface area contributed by atoms with Gasteiger partial charge < -0.3 is 9.84 Å². The molecule has 1 aromatic carbocycles. The minimum absolute atomic E-state index is 0.198. The zero-order valence-corrected chi connectivity index (χ0v) is 11.1. The van der Waals surface area contributed by atoms with E-state index in [1.807, 2.05) is 0 Å². The molecular weight excluding hydrogens is 278 g/mol. The Morgan fingerprint density at radius 1 is 1.44 bits per heavy atom. The predicted molar refractivity (Wildman–Crippen MR) is 71.4 cm³/mol. The van der Waals surface area contributed by atoms with Gasteiger partial charge in [-0.25, -0.2) is 9.59 Å². The second-order valence-electron chi connectivity index (χ2n) is 3.32. The van der Waals surface area contributed by atoms with Gasteiger partial charge in [0.05, 0.1) is 0 Å². The first kappa shape index (κ1) is 14.7. The lowest BCUT2D eigenvalue weighted by Gasteiger charge is -2.13. The Balaban J connectivity index is 2.54. The van der Waals surface area contributed by atoms with Crippen LogP contribution in [-0.2, 0) is 9.53 Å². The van der Waals surface area contributed by atoms with E-state index in [0.717, 1.165) is 0 Å². The number of carboxylic acid groups (broad SMARTS) is 1. The average Bonchev–Trinajstić information content (AvgIpc) is 2.31. The van der Waals surface area contributed by atoms with Crippen LogP contribution in [0.15, 0.2) is 24.3 Å². The van der Waals surface area contributed by atoms with Crippen molar-refractivity contribution in [2.45, 2.75) is 6.10 Å². The molecule has 0 heterocycles. The molecule has 1 atom stereocenters. The van der Waals surface area contributed by atoms with Crippen molar-refractivity contribution in [2.24, 2.45) is 0 Å². The van der Waals surface area contributed by atoms with E-state index >= 15 is 0 Å². The fourth-order valence-electron chi connectivity index (χ4n) is 1.12. The Morgan fingerprint density at radius 2 is 2.06 bits per heavy atom. The SMILES string of the molecule is CSC[C@@H](OC(=O)Nc1ccc(Cl)cc1)C(=O)O. The summed E-state index contributed by atoms with van der Waals surface area (Å²) >= 11 is 6.98. The third-order valence-electron chi connectivity index (χ3n) is 1.93. The molecule has 0 radical (unpaired) electrons. The van der Waals surface area contributed by atoms with Crippen LogP contribution >= 0.6 is 23.4 Å². The van der Waals surface area contributed by atoms with Gasteiger partial charge in [0.25, 0.3) is 0 Å². The second kappa shape index (κ2) is 7.13. The molecule has 1 aromatic rings. The number of halogens is 1. The van der Waals surface area contributed by atoms with Crippen molar-refractivity contribution < 1.29 is 19.4 Å². The molecule has 0 spiro atoms. The van der Waals surface area contributed by atoms with Gasteiger partial charge in [-0.15, -0.1) is 0 Å². The second-order valence-corrected chi connectivity index (χ2v) is 4.67. The highest BCUT2D eigenvalue weighted by Gasteiger charge is 2.21. The van der Waals surface area contributed by atoms with Crippen molar-refractivity contribution in [3.8, 4) is 0 Å². The summed E-state index contributed by atoms with van der Waals surface area (Å²) in [5, 5.41) is 11.8. The number of hydrogen-bond acceptors (Lipinski definition) is 4. The molecule has 0 unspecified atom stereocenters. The number of rotatable bonds is 5. The maximum absolute atomic E-state index is 11.4. The lowest BCUT2D eigenvalue weighted by molar-refractivity contribution is -0.145. The molecule has 18 heavy (non-hydrogen) atoms. The number of ether oxygens (including phenoxy) is 1. The highest BCUT2D eigenvalue weighted by atomic mass is 35.5. The zero-order valence-electron chi connectivity index (χ0n) is 9.55. The molecule has 0 aliphatic carbocycles. The normalized spacial score (nSPS) is 11.7. The van der Waals surface area contributed by atoms with Crippen LogP contribution < -0.4 is 5.32 Å². The molecule has 5 nitrogen and oxygen atoms in total. The molecule has 1 rings (SSSR count). The number of thioether (sulfide) groups is 1. The number of anilines is 1. The largest absolute Gasteiger partial charge is 0.478 e. The maximum atomic E-state index is 11.4. The molecule has 0 aliphatic heterocycles. The molecule has 0 fully saturated rings. The van der Waals surface area contributed by atoms with Gasteiger partial charge in [0, 0.05) is 16.5 Å². The van der Waals surface area contributed by atoms with Crippen molar-refractivity contribution in [2.75, 3.05) is 17.3 Å². The van der Waals surface area contributed by atoms with E-state index in [2.05, 4.69) is 5.32 Å². The molecule has 0 saturated carbocycles. The van der Waals surface area contributed by atoms with Crippen LogP contribution in [0.5, 0.6) is 0 Å². The van der Waals surface area contributed by atoms with E-state index in [4.69, 9.17) is 21.4 Å². The van der Waals surface area contributed by atoms with Crippen molar-refractivity contribution in [3.63, 3.8) is 0 Å². The number of aliphatic carboxylic acids is 1. The standard InChI is InChI=1S/C11H12ClNO4S/c1-18-6-9(10(14)15)17-11(16)13-8-4-2-7(12)3-5-8/h2-5,9H,6H2,1H3,(H,13,16)(H,14,15)/t9-/m1/s1. The Hall–Kier alpha value is -1.40. The van der Waals surface area contributed by atoms with Crippen LogP contribution in [0.3, 0.4) is 0 Å². The van der Waals surface area contributed by atoms with E-state index in [1.54, 1.807) is 30.5 Å². The summed E-state index contributed by atoms with van der Waals surface area (Å²) < 4.78 is 4.78. The predicted octanol–water partition coefficient (Wildman–Crippen LogP) is 2.70. The Kier molecular flexibility index (Phi) is 5.80. The van der Waals surface area contributed by atoms with Gasteiger partial charge in [0.15, 0.2) is 0 Å². The number of amides is 1. The van der Waals surface area contributed by atoms with Crippen LogP contribution in [0, 0.1) is 0 Å². The topological polar surface area (TPSA) is 75.6 Å². The third kappa shape index (κ3) is 4.85. The summed E-state index contributed by atoms with van der Waals surface area (Å²) in [6.45, 7) is 0. The van der Waals surface area contributed by atoms with Crippen LogP contribution in [0.4, 0.5) is 10.5 Å². The Labute approximate surface area is 113 Å². The summed E-state index contributed by atoms with van der Waals surface area (Å²) in [5.74, 6) is -0.973. The number of carbonyl (C=O) groups is 2. The van der Waals surface area contributed by atoms with E-state index in [1.165, 1.54) is 11.8 Å².